The SMILES string of the molecule is CC[C@H]1CSC2=N[C@@H](c3ccccn3)[C@@H](c3cc(OC)c(O)cc3Br)N21. The lowest BCUT2D eigenvalue weighted by molar-refractivity contribution is 0.253. The molecule has 0 unspecified atom stereocenters. The number of pyridine rings is 1. The van der Waals surface area contributed by atoms with Crippen LogP contribution in [0.2, 0.25) is 0 Å². The molecule has 0 aliphatic carbocycles. The summed E-state index contributed by atoms with van der Waals surface area (Å²) in [7, 11) is 1.57. The van der Waals surface area contributed by atoms with Crippen LogP contribution in [0, 0.1) is 0 Å². The smallest absolute Gasteiger partial charge is 0.160 e. The summed E-state index contributed by atoms with van der Waals surface area (Å²) >= 11 is 5.45. The van der Waals surface area contributed by atoms with Gasteiger partial charge in [-0.1, -0.05) is 40.7 Å². The third-order valence-electron chi connectivity index (χ3n) is 4.95. The van der Waals surface area contributed by atoms with Crippen molar-refractivity contribution in [2.75, 3.05) is 12.9 Å². The summed E-state index contributed by atoms with van der Waals surface area (Å²) < 4.78 is 6.21. The van der Waals surface area contributed by atoms with Crippen molar-refractivity contribution in [1.82, 2.24) is 9.88 Å². The molecule has 0 saturated carbocycles. The molecule has 1 N–H and O–H groups in total. The molecule has 1 aromatic heterocycles. The van der Waals surface area contributed by atoms with Crippen LogP contribution < -0.4 is 4.74 Å². The van der Waals surface area contributed by atoms with E-state index < -0.39 is 0 Å². The molecule has 1 saturated heterocycles. The van der Waals surface area contributed by atoms with Gasteiger partial charge < -0.3 is 14.7 Å². The van der Waals surface area contributed by atoms with Gasteiger partial charge in [0.1, 0.15) is 6.04 Å². The molecular formula is C19H20BrN3O2S. The molecule has 0 amide bonds. The van der Waals surface area contributed by atoms with Crippen molar-refractivity contribution in [2.24, 2.45) is 4.99 Å². The van der Waals surface area contributed by atoms with Gasteiger partial charge in [0.25, 0.3) is 0 Å². The Hall–Kier alpha value is -1.73. The number of phenolic OH excluding ortho intramolecular Hbond substituents is 1. The normalized spacial score (nSPS) is 24.5. The van der Waals surface area contributed by atoms with E-state index in [1.807, 2.05) is 42.2 Å². The monoisotopic (exact) mass is 433 g/mol. The van der Waals surface area contributed by atoms with E-state index in [4.69, 9.17) is 9.73 Å². The lowest BCUT2D eigenvalue weighted by Crippen LogP contribution is -2.35. The first-order chi connectivity index (χ1) is 12.6. The van der Waals surface area contributed by atoms with Gasteiger partial charge in [-0.25, -0.2) is 0 Å². The number of halogens is 1. The molecule has 136 valence electrons. The molecule has 0 bridgehead atoms. The maximum Gasteiger partial charge on any atom is 0.160 e. The van der Waals surface area contributed by atoms with Crippen molar-refractivity contribution in [1.29, 1.82) is 0 Å². The highest BCUT2D eigenvalue weighted by Crippen LogP contribution is 2.51. The zero-order valence-corrected chi connectivity index (χ0v) is 17.0. The number of benzene rings is 1. The van der Waals surface area contributed by atoms with Crippen molar-refractivity contribution in [3.8, 4) is 11.5 Å². The molecule has 3 heterocycles. The van der Waals surface area contributed by atoms with Gasteiger partial charge in [-0.2, -0.15) is 0 Å². The van der Waals surface area contributed by atoms with Crippen LogP contribution in [0.4, 0.5) is 0 Å². The summed E-state index contributed by atoms with van der Waals surface area (Å²) in [5, 5.41) is 11.2. The van der Waals surface area contributed by atoms with Crippen LogP contribution in [0.15, 0.2) is 46.0 Å². The third-order valence-corrected chi connectivity index (χ3v) is 6.76. The van der Waals surface area contributed by atoms with E-state index in [0.717, 1.165) is 33.1 Å². The van der Waals surface area contributed by atoms with Gasteiger partial charge in [0.15, 0.2) is 16.7 Å². The molecule has 0 spiro atoms. The van der Waals surface area contributed by atoms with Gasteiger partial charge in [-0.05, 0) is 36.2 Å². The van der Waals surface area contributed by atoms with Crippen molar-refractivity contribution in [3.05, 3.63) is 52.3 Å². The van der Waals surface area contributed by atoms with E-state index in [9.17, 15) is 5.11 Å². The number of aliphatic imine (C=N–C) groups is 1. The second-order valence-electron chi connectivity index (χ2n) is 6.38. The van der Waals surface area contributed by atoms with Gasteiger partial charge in [0.2, 0.25) is 0 Å². The van der Waals surface area contributed by atoms with E-state index in [0.29, 0.717) is 11.8 Å². The molecule has 7 heteroatoms. The summed E-state index contributed by atoms with van der Waals surface area (Å²) in [6.07, 6.45) is 2.87. The molecule has 5 nitrogen and oxygen atoms in total. The van der Waals surface area contributed by atoms with Crippen LogP contribution in [-0.2, 0) is 0 Å². The van der Waals surface area contributed by atoms with Gasteiger partial charge in [0.05, 0.1) is 18.8 Å². The zero-order chi connectivity index (χ0) is 18.3. The van der Waals surface area contributed by atoms with Gasteiger partial charge in [-0.3, -0.25) is 9.98 Å². The van der Waals surface area contributed by atoms with Crippen molar-refractivity contribution in [3.63, 3.8) is 0 Å². The van der Waals surface area contributed by atoms with E-state index >= 15 is 0 Å². The quantitative estimate of drug-likeness (QED) is 0.766. The van der Waals surface area contributed by atoms with E-state index in [1.54, 1.807) is 13.2 Å². The Kier molecular flexibility index (Phi) is 4.84. The lowest BCUT2D eigenvalue weighted by Gasteiger charge is -2.32. The minimum Gasteiger partial charge on any atom is -0.504 e. The van der Waals surface area contributed by atoms with Crippen LogP contribution in [0.1, 0.15) is 36.7 Å². The van der Waals surface area contributed by atoms with Crippen LogP contribution in [0.25, 0.3) is 0 Å². The van der Waals surface area contributed by atoms with Gasteiger partial charge in [-0.15, -0.1) is 0 Å². The predicted octanol–water partition coefficient (Wildman–Crippen LogP) is 4.54. The Morgan fingerprint density at radius 3 is 2.92 bits per heavy atom. The predicted molar refractivity (Wildman–Crippen MR) is 108 cm³/mol. The second-order valence-corrected chi connectivity index (χ2v) is 8.22. The fraction of sp³-hybridized carbons (Fsp3) is 0.368. The number of fused-ring (bicyclic) bond motifs is 1. The highest BCUT2D eigenvalue weighted by Gasteiger charge is 2.46. The molecule has 1 aromatic carbocycles. The number of rotatable bonds is 4. The average Bonchev–Trinajstić information content (AvgIpc) is 3.22. The number of hydrogen-bond donors (Lipinski definition) is 1. The Bertz CT molecular complexity index is 846. The minimum atomic E-state index is -0.0846. The van der Waals surface area contributed by atoms with Crippen LogP contribution in [-0.4, -0.2) is 39.1 Å². The molecular weight excluding hydrogens is 414 g/mol. The molecule has 2 aliphatic heterocycles. The summed E-state index contributed by atoms with van der Waals surface area (Å²) in [5.74, 6) is 1.64. The highest BCUT2D eigenvalue weighted by atomic mass is 79.9. The van der Waals surface area contributed by atoms with Crippen molar-refractivity contribution >= 4 is 32.9 Å². The number of aromatic hydroxyl groups is 1. The number of phenols is 1. The molecule has 2 aliphatic rings. The number of hydrogen-bond acceptors (Lipinski definition) is 6. The number of ether oxygens (including phenoxy) is 1. The first-order valence-electron chi connectivity index (χ1n) is 8.60. The fourth-order valence-corrected chi connectivity index (χ4v) is 5.54. The number of thioether (sulfide) groups is 1. The Labute approximate surface area is 165 Å². The van der Waals surface area contributed by atoms with E-state index in [-0.39, 0.29) is 17.8 Å². The van der Waals surface area contributed by atoms with Crippen LogP contribution in [0.5, 0.6) is 11.5 Å². The fourth-order valence-electron chi connectivity index (χ4n) is 3.64. The van der Waals surface area contributed by atoms with Crippen molar-refractivity contribution < 1.29 is 9.84 Å². The molecule has 3 atom stereocenters. The summed E-state index contributed by atoms with van der Waals surface area (Å²) in [6.45, 7) is 2.21. The average molecular weight is 434 g/mol. The molecule has 26 heavy (non-hydrogen) atoms. The number of nitrogens with zero attached hydrogens (tertiary/aromatic N) is 3. The number of aromatic nitrogens is 1. The minimum absolute atomic E-state index is 0.0173. The first kappa shape index (κ1) is 17.7. The largest absolute Gasteiger partial charge is 0.504 e. The maximum absolute atomic E-state index is 10.1. The lowest BCUT2D eigenvalue weighted by atomic mass is 9.95. The molecule has 1 fully saturated rings. The summed E-state index contributed by atoms with van der Waals surface area (Å²) in [4.78, 5) is 12.0. The zero-order valence-electron chi connectivity index (χ0n) is 14.6. The number of amidine groups is 1. The Balaban J connectivity index is 1.85. The second kappa shape index (κ2) is 7.12. The first-order valence-corrected chi connectivity index (χ1v) is 10.4. The van der Waals surface area contributed by atoms with E-state index in [2.05, 4.69) is 32.7 Å². The molecule has 4 rings (SSSR count). The topological polar surface area (TPSA) is 58.0 Å². The van der Waals surface area contributed by atoms with Crippen LogP contribution >= 0.6 is 27.7 Å². The van der Waals surface area contributed by atoms with E-state index in [1.165, 1.54) is 0 Å². The van der Waals surface area contributed by atoms with Crippen LogP contribution in [0.3, 0.4) is 0 Å². The molecule has 0 radical (unpaired) electrons. The number of methoxy groups -OCH3 is 1. The van der Waals surface area contributed by atoms with Gasteiger partial charge >= 0.3 is 0 Å². The van der Waals surface area contributed by atoms with Gasteiger partial charge in [0, 0.05) is 22.5 Å². The molecule has 2 aromatic rings. The van der Waals surface area contributed by atoms with Crippen molar-refractivity contribution in [2.45, 2.75) is 31.5 Å². The maximum atomic E-state index is 10.1. The highest BCUT2D eigenvalue weighted by molar-refractivity contribution is 9.10. The summed E-state index contributed by atoms with van der Waals surface area (Å²) in [6, 6.07) is 9.93. The standard InChI is InChI=1S/C19H20BrN3O2S/c1-3-11-10-26-19-22-17(14-6-4-5-7-21-14)18(23(11)19)12-8-16(25-2)15(24)9-13(12)20/h4-9,11,17-18,24H,3,10H2,1-2H3/t11-,17-,18+/m0/s1. The Morgan fingerprint density at radius 1 is 1.38 bits per heavy atom. The Morgan fingerprint density at radius 2 is 2.23 bits per heavy atom. The third kappa shape index (κ3) is 2.87. The summed E-state index contributed by atoms with van der Waals surface area (Å²) in [5.41, 5.74) is 2.00.